The zero-order valence-electron chi connectivity index (χ0n) is 24.7. The lowest BCUT2D eigenvalue weighted by atomic mass is 9.71. The second-order valence-electron chi connectivity index (χ2n) is 13.8. The number of nitrogens with zero attached hydrogens (tertiary/aromatic N) is 2. The maximum atomic E-state index is 14.9. The third-order valence-electron chi connectivity index (χ3n) is 9.85. The number of piperidine rings is 1. The maximum absolute atomic E-state index is 14.9. The van der Waals surface area contributed by atoms with Crippen molar-refractivity contribution in [2.75, 3.05) is 26.2 Å². The number of likely N-dealkylation sites (tertiary alicyclic amines) is 2. The average molecular weight is 552 g/mol. The summed E-state index contributed by atoms with van der Waals surface area (Å²) < 4.78 is 28.7. The highest BCUT2D eigenvalue weighted by Crippen LogP contribution is 2.55. The molecule has 2 aromatic carbocycles. The minimum atomic E-state index is -0.604. The fraction of sp³-hybridized carbons (Fsp3) is 0.576. The highest BCUT2D eigenvalue weighted by molar-refractivity contribution is 5.81. The van der Waals surface area contributed by atoms with Crippen molar-refractivity contribution in [1.29, 1.82) is 0 Å². The topological polar surface area (TPSA) is 52.7 Å². The minimum absolute atomic E-state index is 0.0307. The lowest BCUT2D eigenvalue weighted by Crippen LogP contribution is -2.49. The molecular formula is C33H43F2N3O2. The number of amides is 2. The lowest BCUT2D eigenvalue weighted by Gasteiger charge is -2.42. The summed E-state index contributed by atoms with van der Waals surface area (Å²) in [6, 6.07) is 12.3. The highest BCUT2D eigenvalue weighted by Gasteiger charge is 2.51. The number of nitrogens with one attached hydrogen (secondary N) is 1. The summed E-state index contributed by atoms with van der Waals surface area (Å²) in [5, 5.41) is 3.17. The monoisotopic (exact) mass is 551 g/mol. The Morgan fingerprint density at radius 1 is 0.950 bits per heavy atom. The highest BCUT2D eigenvalue weighted by atomic mass is 19.1. The fourth-order valence-corrected chi connectivity index (χ4v) is 7.66. The molecule has 3 aliphatic rings. The standard InChI is InChI=1S/C33H43F2N3O2/c1-21(39)36-32(5,6)28-18-33(27-10-8-7-9-24(27)28)13-15-37(16-14-33)30(40)26-20-38(31(2,3)4)19-25(26)23-12-11-22(34)17-29(23)35/h7-12,17,25-26,28H,13-16,18-20H2,1-6H3,(H,36,39)/t25-,26+,28?/m0/s1. The zero-order chi connectivity index (χ0) is 29.0. The summed E-state index contributed by atoms with van der Waals surface area (Å²) in [5.41, 5.74) is 2.47. The Morgan fingerprint density at radius 2 is 1.62 bits per heavy atom. The van der Waals surface area contributed by atoms with Gasteiger partial charge in [0.05, 0.1) is 5.92 Å². The average Bonchev–Trinajstić information content (AvgIpc) is 3.45. The Labute approximate surface area is 237 Å². The first-order chi connectivity index (χ1) is 18.7. The molecule has 216 valence electrons. The molecule has 0 radical (unpaired) electrons. The number of benzene rings is 2. The Morgan fingerprint density at radius 3 is 2.25 bits per heavy atom. The third kappa shape index (κ3) is 5.17. The number of rotatable bonds is 4. The normalized spacial score (nSPS) is 24.8. The summed E-state index contributed by atoms with van der Waals surface area (Å²) in [7, 11) is 0. The van der Waals surface area contributed by atoms with Crippen LogP contribution in [0.25, 0.3) is 0 Å². The summed E-state index contributed by atoms with van der Waals surface area (Å²) in [4.78, 5) is 30.3. The minimum Gasteiger partial charge on any atom is -0.351 e. The van der Waals surface area contributed by atoms with E-state index in [1.54, 1.807) is 6.92 Å². The quantitative estimate of drug-likeness (QED) is 0.527. The van der Waals surface area contributed by atoms with Gasteiger partial charge in [0.25, 0.3) is 0 Å². The Hall–Kier alpha value is -2.80. The zero-order valence-corrected chi connectivity index (χ0v) is 24.7. The summed E-state index contributed by atoms with van der Waals surface area (Å²) in [6.07, 6.45) is 2.65. The van der Waals surface area contributed by atoms with E-state index in [1.807, 2.05) is 4.90 Å². The van der Waals surface area contributed by atoms with E-state index < -0.39 is 11.6 Å². The van der Waals surface area contributed by atoms with Crippen molar-refractivity contribution in [3.63, 3.8) is 0 Å². The van der Waals surface area contributed by atoms with Gasteiger partial charge in [-0.05, 0) is 82.1 Å². The Kier molecular flexibility index (Phi) is 7.35. The van der Waals surface area contributed by atoms with Crippen molar-refractivity contribution in [2.45, 2.75) is 89.1 Å². The largest absolute Gasteiger partial charge is 0.351 e. The molecule has 1 unspecified atom stereocenters. The van der Waals surface area contributed by atoms with Crippen LogP contribution < -0.4 is 5.32 Å². The van der Waals surface area contributed by atoms with Crippen LogP contribution in [0.4, 0.5) is 8.78 Å². The number of hydrogen-bond acceptors (Lipinski definition) is 3. The second-order valence-corrected chi connectivity index (χ2v) is 13.8. The molecule has 1 spiro atoms. The van der Waals surface area contributed by atoms with Crippen LogP contribution in [0.15, 0.2) is 42.5 Å². The van der Waals surface area contributed by atoms with E-state index in [9.17, 15) is 18.4 Å². The molecule has 0 bridgehead atoms. The van der Waals surface area contributed by atoms with Gasteiger partial charge in [-0.15, -0.1) is 0 Å². The molecule has 5 rings (SSSR count). The molecule has 2 heterocycles. The second kappa shape index (κ2) is 10.2. The van der Waals surface area contributed by atoms with E-state index in [0.29, 0.717) is 31.7 Å². The van der Waals surface area contributed by atoms with Crippen molar-refractivity contribution >= 4 is 11.8 Å². The number of carbonyl (C=O) groups is 2. The first-order valence-corrected chi connectivity index (χ1v) is 14.6. The van der Waals surface area contributed by atoms with Crippen LogP contribution in [0.5, 0.6) is 0 Å². The van der Waals surface area contributed by atoms with Crippen molar-refractivity contribution in [1.82, 2.24) is 15.1 Å². The van der Waals surface area contributed by atoms with E-state index in [1.165, 1.54) is 23.3 Å². The van der Waals surface area contributed by atoms with Crippen molar-refractivity contribution in [3.05, 3.63) is 70.8 Å². The lowest BCUT2D eigenvalue weighted by molar-refractivity contribution is -0.137. The predicted octanol–water partition coefficient (Wildman–Crippen LogP) is 5.74. The van der Waals surface area contributed by atoms with Crippen LogP contribution in [0, 0.1) is 17.6 Å². The fourth-order valence-electron chi connectivity index (χ4n) is 7.66. The molecule has 5 nitrogen and oxygen atoms in total. The summed E-state index contributed by atoms with van der Waals surface area (Å²) in [6.45, 7) is 14.5. The van der Waals surface area contributed by atoms with Gasteiger partial charge in [0.15, 0.2) is 0 Å². The van der Waals surface area contributed by atoms with Gasteiger partial charge in [0.1, 0.15) is 11.6 Å². The Balaban J connectivity index is 1.37. The van der Waals surface area contributed by atoms with Crippen LogP contribution in [0.3, 0.4) is 0 Å². The molecule has 3 atom stereocenters. The van der Waals surface area contributed by atoms with E-state index in [4.69, 9.17) is 0 Å². The van der Waals surface area contributed by atoms with Gasteiger partial charge in [-0.25, -0.2) is 8.78 Å². The third-order valence-corrected chi connectivity index (χ3v) is 9.85. The van der Waals surface area contributed by atoms with E-state index in [-0.39, 0.29) is 46.1 Å². The molecule has 0 saturated carbocycles. The SMILES string of the molecule is CC(=O)NC(C)(C)C1CC2(CCN(C(=O)[C@@H]3CN(C(C)(C)C)C[C@H]3c3ccc(F)cc3F)CC2)c2ccccc21. The molecule has 40 heavy (non-hydrogen) atoms. The number of fused-ring (bicyclic) bond motifs is 2. The number of halogens is 2. The van der Waals surface area contributed by atoms with Crippen LogP contribution >= 0.6 is 0 Å². The van der Waals surface area contributed by atoms with Gasteiger partial charge in [-0.2, -0.15) is 0 Å². The molecule has 2 aromatic rings. The predicted molar refractivity (Wildman–Crippen MR) is 153 cm³/mol. The molecule has 7 heteroatoms. The maximum Gasteiger partial charge on any atom is 0.227 e. The van der Waals surface area contributed by atoms with Gasteiger partial charge < -0.3 is 10.2 Å². The molecule has 1 aliphatic carbocycles. The number of carbonyl (C=O) groups excluding carboxylic acids is 2. The van der Waals surface area contributed by atoms with Crippen LogP contribution in [0.2, 0.25) is 0 Å². The summed E-state index contributed by atoms with van der Waals surface area (Å²) >= 11 is 0. The smallest absolute Gasteiger partial charge is 0.227 e. The molecule has 1 N–H and O–H groups in total. The van der Waals surface area contributed by atoms with E-state index in [0.717, 1.165) is 25.3 Å². The molecule has 2 fully saturated rings. The van der Waals surface area contributed by atoms with Gasteiger partial charge in [-0.1, -0.05) is 30.3 Å². The van der Waals surface area contributed by atoms with Gasteiger partial charge in [0.2, 0.25) is 11.8 Å². The van der Waals surface area contributed by atoms with E-state index >= 15 is 0 Å². The molecule has 2 aliphatic heterocycles. The van der Waals surface area contributed by atoms with Crippen molar-refractivity contribution in [2.24, 2.45) is 5.92 Å². The Bertz CT molecular complexity index is 1290. The molecule has 2 saturated heterocycles. The van der Waals surface area contributed by atoms with Gasteiger partial charge in [0, 0.05) is 62.1 Å². The molecular weight excluding hydrogens is 508 g/mol. The first-order valence-electron chi connectivity index (χ1n) is 14.6. The molecule has 2 amide bonds. The van der Waals surface area contributed by atoms with Crippen molar-refractivity contribution < 1.29 is 18.4 Å². The van der Waals surface area contributed by atoms with Crippen LogP contribution in [-0.4, -0.2) is 58.9 Å². The van der Waals surface area contributed by atoms with Gasteiger partial charge in [-0.3, -0.25) is 14.5 Å². The van der Waals surface area contributed by atoms with E-state index in [2.05, 4.69) is 69.1 Å². The summed E-state index contributed by atoms with van der Waals surface area (Å²) in [5.74, 6) is -1.65. The van der Waals surface area contributed by atoms with Gasteiger partial charge >= 0.3 is 0 Å². The van der Waals surface area contributed by atoms with Crippen molar-refractivity contribution in [3.8, 4) is 0 Å². The number of hydrogen-bond donors (Lipinski definition) is 1. The molecule has 0 aromatic heterocycles. The van der Waals surface area contributed by atoms with Crippen LogP contribution in [0.1, 0.15) is 89.3 Å². The first kappa shape index (κ1) is 28.7. The van der Waals surface area contributed by atoms with Crippen LogP contribution in [-0.2, 0) is 15.0 Å².